The highest BCUT2D eigenvalue weighted by molar-refractivity contribution is 5.36. The Morgan fingerprint density at radius 1 is 1.60 bits per heavy atom. The molecule has 0 aromatic carbocycles. The maximum atomic E-state index is 5.22. The van der Waals surface area contributed by atoms with Crippen LogP contribution in [-0.4, -0.2) is 0 Å². The van der Waals surface area contributed by atoms with E-state index in [1.807, 2.05) is 6.07 Å². The van der Waals surface area contributed by atoms with E-state index in [9.17, 15) is 0 Å². The molecule has 1 atom stereocenters. The first kappa shape index (κ1) is 5.78. The summed E-state index contributed by atoms with van der Waals surface area (Å²) in [4.78, 5) is 0. The highest BCUT2D eigenvalue weighted by atomic mass is 16.3. The van der Waals surface area contributed by atoms with Crippen LogP contribution in [0.25, 0.3) is 12.2 Å². The van der Waals surface area contributed by atoms with Gasteiger partial charge in [0.05, 0.1) is 6.26 Å². The summed E-state index contributed by atoms with van der Waals surface area (Å²) in [6.45, 7) is 2.21. The van der Waals surface area contributed by atoms with Crippen LogP contribution in [0.1, 0.15) is 13.3 Å². The fourth-order valence-corrected chi connectivity index (χ4v) is 1.30. The summed E-state index contributed by atoms with van der Waals surface area (Å²) in [6, 6.07) is 2.02. The molecule has 0 radical (unpaired) electrons. The van der Waals surface area contributed by atoms with E-state index < -0.39 is 0 Å². The lowest BCUT2D eigenvalue weighted by Crippen LogP contribution is -2.23. The van der Waals surface area contributed by atoms with Crippen molar-refractivity contribution >= 4 is 12.2 Å². The zero-order valence-electron chi connectivity index (χ0n) is 6.00. The van der Waals surface area contributed by atoms with Gasteiger partial charge in [-0.2, -0.15) is 0 Å². The second-order valence-corrected chi connectivity index (χ2v) is 2.82. The number of hydrogen-bond acceptors (Lipinski definition) is 1. The van der Waals surface area contributed by atoms with Gasteiger partial charge in [0.2, 0.25) is 0 Å². The Hall–Kier alpha value is -0.980. The summed E-state index contributed by atoms with van der Waals surface area (Å²) in [5.41, 5.74) is 1.04. The van der Waals surface area contributed by atoms with E-state index in [0.29, 0.717) is 5.92 Å². The van der Waals surface area contributed by atoms with Crippen LogP contribution < -0.4 is 10.6 Å². The summed E-state index contributed by atoms with van der Waals surface area (Å²) in [7, 11) is 0. The molecule has 0 saturated carbocycles. The SMILES string of the molecule is C[C@H]1C=c2ccoc2=CC1. The molecule has 0 saturated heterocycles. The smallest absolute Gasteiger partial charge is 0.129 e. The average Bonchev–Trinajstić information content (AvgIpc) is 2.33. The van der Waals surface area contributed by atoms with Crippen molar-refractivity contribution in [1.82, 2.24) is 0 Å². The zero-order chi connectivity index (χ0) is 6.97. The molecule has 1 heteroatoms. The van der Waals surface area contributed by atoms with Gasteiger partial charge in [-0.15, -0.1) is 0 Å². The molecule has 2 rings (SSSR count). The van der Waals surface area contributed by atoms with Crippen LogP contribution >= 0.6 is 0 Å². The molecule has 0 fully saturated rings. The molecule has 1 aromatic heterocycles. The third-order valence-electron chi connectivity index (χ3n) is 1.87. The summed E-state index contributed by atoms with van der Waals surface area (Å²) in [5, 5.41) is 1.25. The number of fused-ring (bicyclic) bond motifs is 1. The number of rotatable bonds is 0. The van der Waals surface area contributed by atoms with Crippen LogP contribution in [0.5, 0.6) is 0 Å². The van der Waals surface area contributed by atoms with Gasteiger partial charge in [-0.1, -0.05) is 13.0 Å². The quantitative estimate of drug-likeness (QED) is 0.513. The molecule has 1 aliphatic rings. The number of hydrogen-bond donors (Lipinski definition) is 0. The molecule has 0 N–H and O–H groups in total. The Balaban J connectivity index is 2.73. The van der Waals surface area contributed by atoms with Gasteiger partial charge in [-0.25, -0.2) is 0 Å². The molecule has 1 nitrogen and oxygen atoms in total. The van der Waals surface area contributed by atoms with Crippen molar-refractivity contribution in [2.45, 2.75) is 13.3 Å². The predicted molar refractivity (Wildman–Crippen MR) is 40.7 cm³/mol. The maximum absolute atomic E-state index is 5.22. The lowest BCUT2D eigenvalue weighted by atomic mass is 10.0. The molecule has 0 unspecified atom stereocenters. The zero-order valence-corrected chi connectivity index (χ0v) is 6.00. The van der Waals surface area contributed by atoms with Crippen molar-refractivity contribution in [3.63, 3.8) is 0 Å². The van der Waals surface area contributed by atoms with Gasteiger partial charge in [0.15, 0.2) is 0 Å². The van der Waals surface area contributed by atoms with E-state index >= 15 is 0 Å². The fraction of sp³-hybridized carbons (Fsp3) is 0.333. The standard InChI is InChI=1S/C9H10O/c1-7-2-3-9-8(6-7)4-5-10-9/h3-7H,2H2,1H3/t7-/m1/s1. The normalized spacial score (nSPS) is 22.7. The molecular formula is C9H10O. The first-order valence-electron chi connectivity index (χ1n) is 3.62. The maximum Gasteiger partial charge on any atom is 0.129 e. The minimum absolute atomic E-state index is 0.671. The molecule has 0 amide bonds. The van der Waals surface area contributed by atoms with Gasteiger partial charge in [0.1, 0.15) is 5.42 Å². The van der Waals surface area contributed by atoms with Crippen LogP contribution in [-0.2, 0) is 0 Å². The van der Waals surface area contributed by atoms with Crippen molar-refractivity contribution in [1.29, 1.82) is 0 Å². The second kappa shape index (κ2) is 2.01. The first-order chi connectivity index (χ1) is 4.86. The summed E-state index contributed by atoms with van der Waals surface area (Å²) >= 11 is 0. The Kier molecular flexibility index (Phi) is 1.16. The average molecular weight is 134 g/mol. The van der Waals surface area contributed by atoms with Crippen LogP contribution in [0.2, 0.25) is 0 Å². The minimum Gasteiger partial charge on any atom is -0.465 e. The molecule has 1 aromatic rings. The molecule has 52 valence electrons. The van der Waals surface area contributed by atoms with Crippen LogP contribution in [0.15, 0.2) is 16.7 Å². The molecule has 0 aliphatic heterocycles. The highest BCUT2D eigenvalue weighted by Crippen LogP contribution is 2.05. The molecule has 10 heavy (non-hydrogen) atoms. The van der Waals surface area contributed by atoms with E-state index in [4.69, 9.17) is 4.42 Å². The van der Waals surface area contributed by atoms with Gasteiger partial charge in [-0.3, -0.25) is 0 Å². The van der Waals surface area contributed by atoms with Gasteiger partial charge < -0.3 is 4.42 Å². The van der Waals surface area contributed by atoms with E-state index in [2.05, 4.69) is 19.1 Å². The van der Waals surface area contributed by atoms with E-state index in [0.717, 1.165) is 11.8 Å². The second-order valence-electron chi connectivity index (χ2n) is 2.82. The lowest BCUT2D eigenvalue weighted by molar-refractivity contribution is 0.525. The van der Waals surface area contributed by atoms with Crippen molar-refractivity contribution in [3.05, 3.63) is 23.0 Å². The van der Waals surface area contributed by atoms with Gasteiger partial charge in [0, 0.05) is 5.22 Å². The predicted octanol–water partition coefficient (Wildman–Crippen LogP) is 0.880. The van der Waals surface area contributed by atoms with Crippen LogP contribution in [0.3, 0.4) is 0 Å². The van der Waals surface area contributed by atoms with Gasteiger partial charge in [-0.05, 0) is 24.5 Å². The molecule has 1 heterocycles. The van der Waals surface area contributed by atoms with Crippen molar-refractivity contribution in [2.75, 3.05) is 0 Å². The summed E-state index contributed by atoms with van der Waals surface area (Å²) in [5.74, 6) is 0.671. The first-order valence-corrected chi connectivity index (χ1v) is 3.62. The molecular weight excluding hydrogens is 124 g/mol. The Morgan fingerprint density at radius 3 is 3.40 bits per heavy atom. The molecule has 1 aliphatic carbocycles. The van der Waals surface area contributed by atoms with Gasteiger partial charge in [0.25, 0.3) is 0 Å². The third kappa shape index (κ3) is 0.783. The Morgan fingerprint density at radius 2 is 2.50 bits per heavy atom. The highest BCUT2D eigenvalue weighted by Gasteiger charge is 2.01. The summed E-state index contributed by atoms with van der Waals surface area (Å²) < 4.78 is 5.22. The van der Waals surface area contributed by atoms with E-state index in [1.54, 1.807) is 6.26 Å². The Bertz CT molecular complexity index is 332. The van der Waals surface area contributed by atoms with Crippen molar-refractivity contribution in [2.24, 2.45) is 5.92 Å². The summed E-state index contributed by atoms with van der Waals surface area (Å²) in [6.07, 6.45) is 7.26. The largest absolute Gasteiger partial charge is 0.465 e. The minimum atomic E-state index is 0.671. The lowest BCUT2D eigenvalue weighted by Gasteiger charge is -2.02. The van der Waals surface area contributed by atoms with Gasteiger partial charge >= 0.3 is 0 Å². The number of furan rings is 1. The molecule has 0 bridgehead atoms. The molecule has 0 spiro atoms. The monoisotopic (exact) mass is 134 g/mol. The van der Waals surface area contributed by atoms with Crippen molar-refractivity contribution in [3.8, 4) is 0 Å². The fourth-order valence-electron chi connectivity index (χ4n) is 1.30. The Labute approximate surface area is 59.7 Å². The third-order valence-corrected chi connectivity index (χ3v) is 1.87. The van der Waals surface area contributed by atoms with Crippen LogP contribution in [0.4, 0.5) is 0 Å². The topological polar surface area (TPSA) is 13.1 Å². The van der Waals surface area contributed by atoms with E-state index in [-0.39, 0.29) is 0 Å². The van der Waals surface area contributed by atoms with E-state index in [1.165, 1.54) is 5.22 Å². The van der Waals surface area contributed by atoms with Crippen LogP contribution in [0, 0.1) is 5.92 Å². The van der Waals surface area contributed by atoms with Crippen molar-refractivity contribution < 1.29 is 4.42 Å².